The van der Waals surface area contributed by atoms with Crippen molar-refractivity contribution in [1.29, 1.82) is 5.26 Å². The Hall–Kier alpha value is -1.60. The Balaban J connectivity index is 1.81. The molecule has 4 heteroatoms. The number of hydrogen-bond donors (Lipinski definition) is 0. The summed E-state index contributed by atoms with van der Waals surface area (Å²) in [5.74, 6) is 0.937. The number of hydrogen-bond acceptors (Lipinski definition) is 4. The number of ether oxygens (including phenoxy) is 1. The molecule has 1 atom stereocenters. The molecule has 2 fully saturated rings. The minimum atomic E-state index is 0.322. The Morgan fingerprint density at radius 3 is 2.80 bits per heavy atom. The fourth-order valence-corrected chi connectivity index (χ4v) is 3.30. The molecule has 1 aromatic rings. The fraction of sp³-hybridized carbons (Fsp3) is 0.625. The van der Waals surface area contributed by atoms with Crippen molar-refractivity contribution in [3.05, 3.63) is 23.9 Å². The van der Waals surface area contributed by atoms with E-state index in [1.165, 1.54) is 25.7 Å². The van der Waals surface area contributed by atoms with Gasteiger partial charge in [0.25, 0.3) is 0 Å². The topological polar surface area (TPSA) is 49.2 Å². The van der Waals surface area contributed by atoms with Crippen molar-refractivity contribution in [2.24, 2.45) is 0 Å². The van der Waals surface area contributed by atoms with Gasteiger partial charge in [-0.1, -0.05) is 18.9 Å². The van der Waals surface area contributed by atoms with E-state index in [1.54, 1.807) is 6.07 Å². The van der Waals surface area contributed by atoms with Gasteiger partial charge in [0.15, 0.2) is 0 Å². The first-order chi connectivity index (χ1) is 9.86. The highest BCUT2D eigenvalue weighted by Crippen LogP contribution is 2.29. The van der Waals surface area contributed by atoms with E-state index in [0.29, 0.717) is 17.8 Å². The zero-order valence-electron chi connectivity index (χ0n) is 11.8. The Kier molecular flexibility index (Phi) is 4.17. The van der Waals surface area contributed by atoms with Crippen molar-refractivity contribution >= 4 is 5.82 Å². The second-order valence-corrected chi connectivity index (χ2v) is 5.72. The van der Waals surface area contributed by atoms with E-state index in [9.17, 15) is 0 Å². The summed E-state index contributed by atoms with van der Waals surface area (Å²) in [5.41, 5.74) is 0.498. The zero-order valence-corrected chi connectivity index (χ0v) is 11.8. The van der Waals surface area contributed by atoms with Crippen LogP contribution in [-0.4, -0.2) is 30.3 Å². The maximum Gasteiger partial charge on any atom is 0.142 e. The number of anilines is 1. The molecule has 1 unspecified atom stereocenters. The van der Waals surface area contributed by atoms with Gasteiger partial charge in [-0.15, -0.1) is 0 Å². The quantitative estimate of drug-likeness (QED) is 0.845. The third-order valence-electron chi connectivity index (χ3n) is 4.33. The van der Waals surface area contributed by atoms with E-state index in [1.807, 2.05) is 12.1 Å². The smallest absolute Gasteiger partial charge is 0.142 e. The van der Waals surface area contributed by atoms with Gasteiger partial charge in [0, 0.05) is 19.2 Å². The van der Waals surface area contributed by atoms with Crippen LogP contribution < -0.4 is 4.90 Å². The van der Waals surface area contributed by atoms with Crippen LogP contribution in [0, 0.1) is 11.3 Å². The number of aromatic nitrogens is 1. The van der Waals surface area contributed by atoms with E-state index < -0.39 is 0 Å². The van der Waals surface area contributed by atoms with Crippen LogP contribution in [-0.2, 0) is 4.74 Å². The molecule has 0 bridgehead atoms. The van der Waals surface area contributed by atoms with Gasteiger partial charge in [0.05, 0.1) is 6.10 Å². The van der Waals surface area contributed by atoms with Crippen molar-refractivity contribution in [1.82, 2.24) is 4.98 Å². The molecular weight excluding hydrogens is 250 g/mol. The third-order valence-corrected chi connectivity index (χ3v) is 4.33. The Bertz CT molecular complexity index is 485. The maximum atomic E-state index is 9.04. The molecular formula is C16H21N3O. The summed E-state index contributed by atoms with van der Waals surface area (Å²) in [4.78, 5) is 6.87. The number of nitrogens with zero attached hydrogens (tertiary/aromatic N) is 3. The average molecular weight is 271 g/mol. The standard InChI is InChI=1S/C16H21N3O/c17-11-13-5-3-9-16(18-13)19(14-6-1-2-7-14)12-15-8-4-10-20-15/h3,5,9,14-15H,1-2,4,6-8,10,12H2. The average Bonchev–Trinajstić information content (AvgIpc) is 3.18. The molecule has 3 rings (SSSR count). The van der Waals surface area contributed by atoms with Crippen LogP contribution in [0.2, 0.25) is 0 Å². The molecule has 1 aliphatic carbocycles. The summed E-state index contributed by atoms with van der Waals surface area (Å²) in [6, 6.07) is 8.41. The van der Waals surface area contributed by atoms with Crippen molar-refractivity contribution in [2.45, 2.75) is 50.7 Å². The highest BCUT2D eigenvalue weighted by molar-refractivity contribution is 5.43. The summed E-state index contributed by atoms with van der Waals surface area (Å²) in [5, 5.41) is 9.04. The van der Waals surface area contributed by atoms with Crippen molar-refractivity contribution < 1.29 is 4.74 Å². The minimum absolute atomic E-state index is 0.322. The molecule has 1 aromatic heterocycles. The second kappa shape index (κ2) is 6.23. The van der Waals surface area contributed by atoms with Crippen molar-refractivity contribution in [3.63, 3.8) is 0 Å². The molecule has 0 radical (unpaired) electrons. The first-order valence-electron chi connectivity index (χ1n) is 7.62. The predicted octanol–water partition coefficient (Wildman–Crippen LogP) is 2.88. The van der Waals surface area contributed by atoms with Gasteiger partial charge < -0.3 is 9.64 Å². The summed E-state index contributed by atoms with van der Waals surface area (Å²) in [6.07, 6.45) is 7.67. The highest BCUT2D eigenvalue weighted by atomic mass is 16.5. The van der Waals surface area contributed by atoms with Crippen LogP contribution in [0.1, 0.15) is 44.2 Å². The lowest BCUT2D eigenvalue weighted by atomic mass is 10.1. The third kappa shape index (κ3) is 2.94. The highest BCUT2D eigenvalue weighted by Gasteiger charge is 2.27. The van der Waals surface area contributed by atoms with Crippen LogP contribution in [0.5, 0.6) is 0 Å². The van der Waals surface area contributed by atoms with E-state index >= 15 is 0 Å². The largest absolute Gasteiger partial charge is 0.376 e. The van der Waals surface area contributed by atoms with Gasteiger partial charge in [-0.3, -0.25) is 0 Å². The van der Waals surface area contributed by atoms with Crippen LogP contribution in [0.25, 0.3) is 0 Å². The van der Waals surface area contributed by atoms with Crippen molar-refractivity contribution in [3.8, 4) is 6.07 Å². The second-order valence-electron chi connectivity index (χ2n) is 5.72. The molecule has 0 aromatic carbocycles. The summed E-state index contributed by atoms with van der Waals surface area (Å²) in [6.45, 7) is 1.79. The lowest BCUT2D eigenvalue weighted by Gasteiger charge is -2.32. The lowest BCUT2D eigenvalue weighted by molar-refractivity contribution is 0.114. The molecule has 1 saturated carbocycles. The number of rotatable bonds is 4. The molecule has 1 aliphatic heterocycles. The van der Waals surface area contributed by atoms with Crippen molar-refractivity contribution in [2.75, 3.05) is 18.1 Å². The van der Waals surface area contributed by atoms with E-state index in [0.717, 1.165) is 31.8 Å². The zero-order chi connectivity index (χ0) is 13.8. The van der Waals surface area contributed by atoms with Gasteiger partial charge in [-0.05, 0) is 37.8 Å². The lowest BCUT2D eigenvalue weighted by Crippen LogP contribution is -2.39. The summed E-state index contributed by atoms with van der Waals surface area (Å²) >= 11 is 0. The van der Waals surface area contributed by atoms with Crippen LogP contribution in [0.3, 0.4) is 0 Å². The van der Waals surface area contributed by atoms with Gasteiger partial charge in [0.2, 0.25) is 0 Å². The Morgan fingerprint density at radius 2 is 2.10 bits per heavy atom. The number of nitriles is 1. The molecule has 0 N–H and O–H groups in total. The van der Waals surface area contributed by atoms with Crippen LogP contribution >= 0.6 is 0 Å². The molecule has 2 aliphatic rings. The number of pyridine rings is 1. The molecule has 20 heavy (non-hydrogen) atoms. The van der Waals surface area contributed by atoms with E-state index in [2.05, 4.69) is 16.0 Å². The summed E-state index contributed by atoms with van der Waals surface area (Å²) < 4.78 is 5.79. The Labute approximate surface area is 120 Å². The van der Waals surface area contributed by atoms with Gasteiger partial charge in [-0.25, -0.2) is 4.98 Å². The normalized spacial score (nSPS) is 22.9. The van der Waals surface area contributed by atoms with E-state index in [4.69, 9.17) is 10.00 Å². The van der Waals surface area contributed by atoms with Gasteiger partial charge in [-0.2, -0.15) is 5.26 Å². The fourth-order valence-electron chi connectivity index (χ4n) is 3.30. The summed E-state index contributed by atoms with van der Waals surface area (Å²) in [7, 11) is 0. The minimum Gasteiger partial charge on any atom is -0.376 e. The maximum absolute atomic E-state index is 9.04. The van der Waals surface area contributed by atoms with Gasteiger partial charge in [0.1, 0.15) is 17.6 Å². The first kappa shape index (κ1) is 13.4. The Morgan fingerprint density at radius 1 is 1.25 bits per heavy atom. The molecule has 0 amide bonds. The molecule has 2 heterocycles. The SMILES string of the molecule is N#Cc1cccc(N(CC2CCCO2)C2CCCC2)n1. The molecule has 4 nitrogen and oxygen atoms in total. The predicted molar refractivity (Wildman–Crippen MR) is 77.5 cm³/mol. The first-order valence-corrected chi connectivity index (χ1v) is 7.62. The van der Waals surface area contributed by atoms with Crippen LogP contribution in [0.15, 0.2) is 18.2 Å². The van der Waals surface area contributed by atoms with E-state index in [-0.39, 0.29) is 0 Å². The van der Waals surface area contributed by atoms with Gasteiger partial charge >= 0.3 is 0 Å². The molecule has 0 spiro atoms. The molecule has 1 saturated heterocycles. The molecule has 106 valence electrons. The monoisotopic (exact) mass is 271 g/mol. The van der Waals surface area contributed by atoms with Crippen LogP contribution in [0.4, 0.5) is 5.82 Å².